The van der Waals surface area contributed by atoms with Crippen LogP contribution in [0.5, 0.6) is 0 Å². The smallest absolute Gasteiger partial charge is 0.422 e. The summed E-state index contributed by atoms with van der Waals surface area (Å²) < 4.78 is 18.1. The highest BCUT2D eigenvalue weighted by atomic mass is 32.2. The Morgan fingerprint density at radius 1 is 1.27 bits per heavy atom. The Kier molecular flexibility index (Phi) is 5.69. The zero-order valence-corrected chi connectivity index (χ0v) is 14.1. The molecule has 0 atom stereocenters. The van der Waals surface area contributed by atoms with Crippen LogP contribution in [-0.4, -0.2) is 35.0 Å². The van der Waals surface area contributed by atoms with Gasteiger partial charge in [-0.25, -0.2) is 14.2 Å². The molecule has 1 aliphatic rings. The van der Waals surface area contributed by atoms with E-state index in [1.54, 1.807) is 11.8 Å². The Hall–Kier alpha value is -1.27. The third-order valence-electron chi connectivity index (χ3n) is 3.21. The molecule has 1 saturated heterocycles. The Morgan fingerprint density at radius 3 is 2.41 bits per heavy atom. The molecule has 22 heavy (non-hydrogen) atoms. The van der Waals surface area contributed by atoms with Crippen molar-refractivity contribution in [2.24, 2.45) is 0 Å². The summed E-state index contributed by atoms with van der Waals surface area (Å²) in [6.07, 6.45) is 1.53. The van der Waals surface area contributed by atoms with Crippen molar-refractivity contribution in [3.63, 3.8) is 0 Å². The van der Waals surface area contributed by atoms with Crippen LogP contribution in [0.1, 0.15) is 33.6 Å². The van der Waals surface area contributed by atoms with Gasteiger partial charge in [0.25, 0.3) is 0 Å². The number of halogens is 1. The maximum absolute atomic E-state index is 12.9. The van der Waals surface area contributed by atoms with Gasteiger partial charge in [-0.15, -0.1) is 11.8 Å². The van der Waals surface area contributed by atoms with E-state index < -0.39 is 11.7 Å². The van der Waals surface area contributed by atoms with Gasteiger partial charge in [0.1, 0.15) is 11.4 Å². The van der Waals surface area contributed by atoms with Crippen molar-refractivity contribution in [1.82, 2.24) is 10.4 Å². The van der Waals surface area contributed by atoms with E-state index in [2.05, 4.69) is 5.43 Å². The van der Waals surface area contributed by atoms with E-state index in [0.29, 0.717) is 5.25 Å². The molecule has 1 heterocycles. The fourth-order valence-electron chi connectivity index (χ4n) is 2.22. The maximum Gasteiger partial charge on any atom is 0.422 e. The summed E-state index contributed by atoms with van der Waals surface area (Å²) in [5.41, 5.74) is 2.30. The highest BCUT2D eigenvalue weighted by Crippen LogP contribution is 2.30. The Balaban J connectivity index is 1.73. The zero-order chi connectivity index (χ0) is 16.2. The predicted molar refractivity (Wildman–Crippen MR) is 86.2 cm³/mol. The first-order valence-corrected chi connectivity index (χ1v) is 8.36. The lowest BCUT2D eigenvalue weighted by Gasteiger charge is -2.32. The van der Waals surface area contributed by atoms with Gasteiger partial charge in [0.05, 0.1) is 0 Å². The summed E-state index contributed by atoms with van der Waals surface area (Å²) in [4.78, 5) is 12.8. The molecule has 1 aliphatic heterocycles. The first kappa shape index (κ1) is 17.1. The second-order valence-corrected chi connectivity index (χ2v) is 7.75. The van der Waals surface area contributed by atoms with Crippen LogP contribution in [-0.2, 0) is 4.74 Å². The number of piperidine rings is 1. The molecule has 1 aromatic rings. The fraction of sp³-hybridized carbons (Fsp3) is 0.562. The Bertz CT molecular complexity index is 494. The van der Waals surface area contributed by atoms with E-state index in [1.807, 2.05) is 37.9 Å². The molecule has 0 spiro atoms. The fourth-order valence-corrected chi connectivity index (χ4v) is 3.35. The molecule has 2 rings (SSSR count). The highest BCUT2D eigenvalue weighted by molar-refractivity contribution is 8.00. The summed E-state index contributed by atoms with van der Waals surface area (Å²) in [5, 5.41) is 2.39. The monoisotopic (exact) mass is 326 g/mol. The third kappa shape index (κ3) is 5.85. The quantitative estimate of drug-likeness (QED) is 0.917. The number of carbonyl (C=O) groups is 1. The van der Waals surface area contributed by atoms with Crippen molar-refractivity contribution in [3.8, 4) is 0 Å². The molecule has 6 heteroatoms. The first-order chi connectivity index (χ1) is 10.3. The molecule has 0 bridgehead atoms. The number of nitrogens with zero attached hydrogens (tertiary/aromatic N) is 1. The number of thioether (sulfide) groups is 1. The van der Waals surface area contributed by atoms with Crippen molar-refractivity contribution in [1.29, 1.82) is 0 Å². The Labute approximate surface area is 135 Å². The Morgan fingerprint density at radius 2 is 1.86 bits per heavy atom. The maximum atomic E-state index is 12.9. The van der Waals surface area contributed by atoms with E-state index in [4.69, 9.17) is 4.74 Å². The molecule has 1 fully saturated rings. The predicted octanol–water partition coefficient (Wildman–Crippen LogP) is 3.82. The van der Waals surface area contributed by atoms with Gasteiger partial charge in [-0.2, -0.15) is 0 Å². The number of carbonyl (C=O) groups excluding carboxylic acids is 1. The number of hydrazine groups is 1. The number of ether oxygens (including phenoxy) is 1. The number of amides is 1. The van der Waals surface area contributed by atoms with Gasteiger partial charge >= 0.3 is 6.09 Å². The number of benzene rings is 1. The normalized spacial score (nSPS) is 17.3. The van der Waals surface area contributed by atoms with Gasteiger partial charge in [0.15, 0.2) is 0 Å². The van der Waals surface area contributed by atoms with Crippen molar-refractivity contribution >= 4 is 17.9 Å². The molecular weight excluding hydrogens is 303 g/mol. The van der Waals surface area contributed by atoms with Crippen LogP contribution < -0.4 is 5.43 Å². The van der Waals surface area contributed by atoms with Crippen LogP contribution in [0.3, 0.4) is 0 Å². The van der Waals surface area contributed by atoms with Crippen molar-refractivity contribution in [2.75, 3.05) is 13.1 Å². The van der Waals surface area contributed by atoms with Gasteiger partial charge in [-0.1, -0.05) is 0 Å². The van der Waals surface area contributed by atoms with Gasteiger partial charge in [0, 0.05) is 23.2 Å². The standard InChI is InChI=1S/C16H23FN2O2S/c1-16(2,3)21-15(20)18-19-10-8-14(9-11-19)22-13-6-4-12(17)5-7-13/h4-7,14H,8-11H2,1-3H3,(H,18,20). The van der Waals surface area contributed by atoms with E-state index in [-0.39, 0.29) is 5.82 Å². The van der Waals surface area contributed by atoms with E-state index in [0.717, 1.165) is 30.8 Å². The molecule has 0 radical (unpaired) electrons. The van der Waals surface area contributed by atoms with E-state index in [1.165, 1.54) is 12.1 Å². The van der Waals surface area contributed by atoms with Gasteiger partial charge in [0.2, 0.25) is 0 Å². The summed E-state index contributed by atoms with van der Waals surface area (Å²) >= 11 is 1.77. The summed E-state index contributed by atoms with van der Waals surface area (Å²) in [6, 6.07) is 6.60. The van der Waals surface area contributed by atoms with Crippen LogP contribution in [0, 0.1) is 5.82 Å². The van der Waals surface area contributed by atoms with Crippen LogP contribution >= 0.6 is 11.8 Å². The molecule has 1 amide bonds. The average molecular weight is 326 g/mol. The number of hydrogen-bond donors (Lipinski definition) is 1. The molecule has 1 N–H and O–H groups in total. The minimum atomic E-state index is -0.485. The minimum Gasteiger partial charge on any atom is -0.443 e. The second kappa shape index (κ2) is 7.33. The molecule has 4 nitrogen and oxygen atoms in total. The van der Waals surface area contributed by atoms with Crippen LogP contribution in [0.4, 0.5) is 9.18 Å². The second-order valence-electron chi connectivity index (χ2n) is 6.37. The van der Waals surface area contributed by atoms with Gasteiger partial charge in [-0.3, -0.25) is 5.43 Å². The molecular formula is C16H23FN2O2S. The number of rotatable bonds is 3. The van der Waals surface area contributed by atoms with E-state index in [9.17, 15) is 9.18 Å². The molecule has 0 aromatic heterocycles. The summed E-state index contributed by atoms with van der Waals surface area (Å²) in [6.45, 7) is 7.12. The lowest BCUT2D eigenvalue weighted by molar-refractivity contribution is 0.0301. The lowest BCUT2D eigenvalue weighted by Crippen LogP contribution is -2.48. The van der Waals surface area contributed by atoms with Gasteiger partial charge < -0.3 is 4.74 Å². The molecule has 0 unspecified atom stereocenters. The number of hydrogen-bond acceptors (Lipinski definition) is 4. The first-order valence-electron chi connectivity index (χ1n) is 7.49. The molecule has 122 valence electrons. The lowest BCUT2D eigenvalue weighted by atomic mass is 10.1. The SMILES string of the molecule is CC(C)(C)OC(=O)NN1CCC(Sc2ccc(F)cc2)CC1. The largest absolute Gasteiger partial charge is 0.443 e. The van der Waals surface area contributed by atoms with Crippen molar-refractivity contribution in [2.45, 2.75) is 49.4 Å². The molecule has 0 aliphatic carbocycles. The van der Waals surface area contributed by atoms with Crippen molar-refractivity contribution in [3.05, 3.63) is 30.1 Å². The third-order valence-corrected chi connectivity index (χ3v) is 4.56. The summed E-state index contributed by atoms with van der Waals surface area (Å²) in [5.74, 6) is -0.208. The number of nitrogens with one attached hydrogen (secondary N) is 1. The molecule has 0 saturated carbocycles. The minimum absolute atomic E-state index is 0.208. The summed E-state index contributed by atoms with van der Waals surface area (Å²) in [7, 11) is 0. The van der Waals surface area contributed by atoms with Gasteiger partial charge in [-0.05, 0) is 57.9 Å². The topological polar surface area (TPSA) is 41.6 Å². The zero-order valence-electron chi connectivity index (χ0n) is 13.3. The van der Waals surface area contributed by atoms with Crippen LogP contribution in [0.2, 0.25) is 0 Å². The van der Waals surface area contributed by atoms with Crippen molar-refractivity contribution < 1.29 is 13.9 Å². The van der Waals surface area contributed by atoms with Crippen LogP contribution in [0.15, 0.2) is 29.2 Å². The van der Waals surface area contributed by atoms with Crippen LogP contribution in [0.25, 0.3) is 0 Å². The highest BCUT2D eigenvalue weighted by Gasteiger charge is 2.23. The average Bonchev–Trinajstić information content (AvgIpc) is 2.41. The van der Waals surface area contributed by atoms with E-state index >= 15 is 0 Å². The molecule has 1 aromatic carbocycles.